The zero-order chi connectivity index (χ0) is 22.4. The molecule has 0 saturated heterocycles. The zero-order valence-corrected chi connectivity index (χ0v) is 18.0. The number of Topliss-reactive ketones (excluding diaryl/α,β-unsaturated/α-hetero) is 1. The van der Waals surface area contributed by atoms with Gasteiger partial charge in [-0.05, 0) is 30.3 Å². The molecule has 4 rings (SSSR count). The number of H-pyrrole nitrogens is 1. The Labute approximate surface area is 180 Å². The van der Waals surface area contributed by atoms with E-state index in [-0.39, 0.29) is 30.2 Å². The number of nitrogen functional groups attached to an aromatic ring is 1. The summed E-state index contributed by atoms with van der Waals surface area (Å²) in [6, 6.07) is 11.8. The first-order valence-electron chi connectivity index (χ1n) is 9.79. The molecule has 0 bridgehead atoms. The van der Waals surface area contributed by atoms with Crippen molar-refractivity contribution in [1.82, 2.24) is 14.5 Å². The number of para-hydroxylation sites is 1. The summed E-state index contributed by atoms with van der Waals surface area (Å²) in [6.07, 6.45) is 0.0144. The number of aromatic amines is 1. The van der Waals surface area contributed by atoms with Crippen molar-refractivity contribution in [2.24, 2.45) is 0 Å². The lowest BCUT2D eigenvalue weighted by atomic mass is 9.83. The van der Waals surface area contributed by atoms with Gasteiger partial charge in [-0.3, -0.25) is 9.89 Å². The van der Waals surface area contributed by atoms with Gasteiger partial charge < -0.3 is 5.73 Å². The first-order valence-corrected chi connectivity index (χ1v) is 11.2. The number of rotatable bonds is 5. The van der Waals surface area contributed by atoms with Crippen LogP contribution < -0.4 is 5.73 Å². The molecule has 3 N–H and O–H groups in total. The molecule has 31 heavy (non-hydrogen) atoms. The molecule has 2 aromatic carbocycles. The molecule has 0 unspecified atom stereocenters. The SMILES string of the molecule is CC1(C)CN(S(=O)(=O)c2cccc(F)c2)Cc2c1n[nH]c2CC(=O)c1ccccc1N. The van der Waals surface area contributed by atoms with E-state index < -0.39 is 21.3 Å². The number of halogens is 1. The number of nitrogens with one attached hydrogen (secondary N) is 1. The third kappa shape index (κ3) is 3.86. The predicted molar refractivity (Wildman–Crippen MR) is 114 cm³/mol. The summed E-state index contributed by atoms with van der Waals surface area (Å²) in [5.74, 6) is -0.805. The summed E-state index contributed by atoms with van der Waals surface area (Å²) in [4.78, 5) is 12.7. The van der Waals surface area contributed by atoms with E-state index in [4.69, 9.17) is 5.73 Å². The predicted octanol–water partition coefficient (Wildman–Crippen LogP) is 3.04. The Balaban J connectivity index is 1.69. The maximum Gasteiger partial charge on any atom is 0.243 e. The Hall–Kier alpha value is -3.04. The van der Waals surface area contributed by atoms with Crippen LogP contribution in [0.4, 0.5) is 10.1 Å². The second kappa shape index (κ2) is 7.58. The van der Waals surface area contributed by atoms with Gasteiger partial charge in [0.05, 0.1) is 17.0 Å². The highest BCUT2D eigenvalue weighted by atomic mass is 32.2. The first-order chi connectivity index (χ1) is 14.6. The Morgan fingerprint density at radius 3 is 2.68 bits per heavy atom. The van der Waals surface area contributed by atoms with Gasteiger partial charge in [0.15, 0.2) is 5.78 Å². The lowest BCUT2D eigenvalue weighted by Gasteiger charge is -2.36. The quantitative estimate of drug-likeness (QED) is 0.466. The number of hydrogen-bond acceptors (Lipinski definition) is 5. The molecule has 0 amide bonds. The van der Waals surface area contributed by atoms with Crippen molar-refractivity contribution in [3.63, 3.8) is 0 Å². The van der Waals surface area contributed by atoms with E-state index >= 15 is 0 Å². The fourth-order valence-electron chi connectivity index (χ4n) is 3.98. The van der Waals surface area contributed by atoms with Crippen molar-refractivity contribution in [2.75, 3.05) is 12.3 Å². The molecule has 3 aromatic rings. The van der Waals surface area contributed by atoms with Crippen LogP contribution in [0.5, 0.6) is 0 Å². The third-order valence-corrected chi connectivity index (χ3v) is 7.32. The van der Waals surface area contributed by atoms with Gasteiger partial charge in [0.1, 0.15) is 5.82 Å². The van der Waals surface area contributed by atoms with Crippen molar-refractivity contribution >= 4 is 21.5 Å². The van der Waals surface area contributed by atoms with Crippen LogP contribution in [0.15, 0.2) is 53.4 Å². The molecular weight excluding hydrogens is 419 g/mol. The lowest BCUT2D eigenvalue weighted by molar-refractivity contribution is 0.0992. The molecule has 0 spiro atoms. The molecule has 162 valence electrons. The van der Waals surface area contributed by atoms with Crippen molar-refractivity contribution < 1.29 is 17.6 Å². The number of ketones is 1. The van der Waals surface area contributed by atoms with Crippen LogP contribution in [0.3, 0.4) is 0 Å². The number of nitrogens with two attached hydrogens (primary N) is 1. The molecule has 0 aliphatic carbocycles. The van der Waals surface area contributed by atoms with E-state index in [1.807, 2.05) is 13.8 Å². The Morgan fingerprint density at radius 2 is 1.97 bits per heavy atom. The molecule has 0 fully saturated rings. The van der Waals surface area contributed by atoms with Crippen LogP contribution in [-0.4, -0.2) is 35.2 Å². The van der Waals surface area contributed by atoms with E-state index in [2.05, 4.69) is 10.2 Å². The Bertz CT molecular complexity index is 1270. The Kier molecular flexibility index (Phi) is 5.18. The highest BCUT2D eigenvalue weighted by Crippen LogP contribution is 2.36. The average molecular weight is 443 g/mol. The number of hydrogen-bond donors (Lipinski definition) is 2. The second-order valence-corrected chi connectivity index (χ2v) is 10.3. The van der Waals surface area contributed by atoms with Crippen LogP contribution >= 0.6 is 0 Å². The van der Waals surface area contributed by atoms with Gasteiger partial charge in [0.2, 0.25) is 10.0 Å². The Morgan fingerprint density at radius 1 is 1.23 bits per heavy atom. The number of sulfonamides is 1. The minimum absolute atomic E-state index is 0.0144. The highest BCUT2D eigenvalue weighted by Gasteiger charge is 2.41. The van der Waals surface area contributed by atoms with Gasteiger partial charge >= 0.3 is 0 Å². The van der Waals surface area contributed by atoms with Crippen molar-refractivity contribution in [3.05, 3.63) is 76.9 Å². The van der Waals surface area contributed by atoms with Crippen molar-refractivity contribution in [1.29, 1.82) is 0 Å². The van der Waals surface area contributed by atoms with Gasteiger partial charge in [0, 0.05) is 41.0 Å². The fraction of sp³-hybridized carbons (Fsp3) is 0.273. The molecule has 1 aromatic heterocycles. The number of nitrogens with zero attached hydrogens (tertiary/aromatic N) is 2. The molecule has 1 aliphatic rings. The largest absolute Gasteiger partial charge is 0.398 e. The molecule has 7 nitrogen and oxygen atoms in total. The standard InChI is InChI=1S/C22H23FN4O3S/c1-22(2)13-27(31(29,30)15-7-5-6-14(23)10-15)12-17-19(25-26-21(17)22)11-20(28)16-8-3-4-9-18(16)24/h3-10H,11-13,24H2,1-2H3,(H,25,26). The summed E-state index contributed by atoms with van der Waals surface area (Å²) < 4.78 is 41.4. The van der Waals surface area contributed by atoms with Crippen LogP contribution in [0.25, 0.3) is 0 Å². The summed E-state index contributed by atoms with van der Waals surface area (Å²) in [7, 11) is -3.93. The second-order valence-electron chi connectivity index (χ2n) is 8.33. The molecule has 0 atom stereocenters. The molecule has 2 heterocycles. The first kappa shape index (κ1) is 21.2. The van der Waals surface area contributed by atoms with Gasteiger partial charge in [-0.25, -0.2) is 12.8 Å². The molecule has 1 aliphatic heterocycles. The van der Waals surface area contributed by atoms with Crippen LogP contribution in [0, 0.1) is 5.82 Å². The normalized spacial score (nSPS) is 16.1. The number of carbonyl (C=O) groups is 1. The number of benzene rings is 2. The van der Waals surface area contributed by atoms with E-state index in [0.717, 1.165) is 11.8 Å². The number of fused-ring (bicyclic) bond motifs is 1. The summed E-state index contributed by atoms with van der Waals surface area (Å²) in [5, 5.41) is 7.31. The van der Waals surface area contributed by atoms with Crippen LogP contribution in [-0.2, 0) is 28.4 Å². The number of aromatic nitrogens is 2. The van der Waals surface area contributed by atoms with Gasteiger partial charge in [-0.15, -0.1) is 0 Å². The topological polar surface area (TPSA) is 109 Å². The van der Waals surface area contributed by atoms with Gasteiger partial charge in [0.25, 0.3) is 0 Å². The lowest BCUT2D eigenvalue weighted by Crippen LogP contribution is -2.45. The molecular formula is C22H23FN4O3S. The van der Waals surface area contributed by atoms with Gasteiger partial charge in [-0.1, -0.05) is 32.0 Å². The zero-order valence-electron chi connectivity index (χ0n) is 17.2. The van der Waals surface area contributed by atoms with Crippen LogP contribution in [0.1, 0.15) is 41.2 Å². The molecule has 0 radical (unpaired) electrons. The van der Waals surface area contributed by atoms with Crippen molar-refractivity contribution in [3.8, 4) is 0 Å². The average Bonchev–Trinajstić information content (AvgIpc) is 3.11. The van der Waals surface area contributed by atoms with E-state index in [1.165, 1.54) is 22.5 Å². The summed E-state index contributed by atoms with van der Waals surface area (Å²) >= 11 is 0. The minimum Gasteiger partial charge on any atom is -0.398 e. The summed E-state index contributed by atoms with van der Waals surface area (Å²) in [5.41, 5.74) is 8.06. The van der Waals surface area contributed by atoms with Gasteiger partial charge in [-0.2, -0.15) is 9.40 Å². The van der Waals surface area contributed by atoms with E-state index in [1.54, 1.807) is 24.3 Å². The van der Waals surface area contributed by atoms with E-state index in [0.29, 0.717) is 22.5 Å². The maximum absolute atomic E-state index is 13.7. The fourth-order valence-corrected chi connectivity index (χ4v) is 5.58. The van der Waals surface area contributed by atoms with E-state index in [9.17, 15) is 17.6 Å². The summed E-state index contributed by atoms with van der Waals surface area (Å²) in [6.45, 7) is 4.01. The maximum atomic E-state index is 13.7. The number of anilines is 1. The third-order valence-electron chi connectivity index (χ3n) is 5.53. The van der Waals surface area contributed by atoms with Crippen LogP contribution in [0.2, 0.25) is 0 Å². The monoisotopic (exact) mass is 442 g/mol. The molecule has 9 heteroatoms. The van der Waals surface area contributed by atoms with Crippen molar-refractivity contribution in [2.45, 2.75) is 37.1 Å². The molecule has 0 saturated carbocycles. The smallest absolute Gasteiger partial charge is 0.243 e. The number of carbonyl (C=O) groups excluding carboxylic acids is 1. The minimum atomic E-state index is -3.93. The highest BCUT2D eigenvalue weighted by molar-refractivity contribution is 7.89.